The molecule has 0 aromatic carbocycles. The van der Waals surface area contributed by atoms with Crippen LogP contribution in [0, 0.1) is 5.82 Å². The lowest BCUT2D eigenvalue weighted by Crippen LogP contribution is -2.38. The molecule has 14 heavy (non-hydrogen) atoms. The SMILES string of the molecule is CC(O)C(N)CNc1ncc(F)cn1. The zero-order chi connectivity index (χ0) is 10.6. The first-order chi connectivity index (χ1) is 6.59. The summed E-state index contributed by atoms with van der Waals surface area (Å²) in [6.07, 6.45) is 1.51. The zero-order valence-electron chi connectivity index (χ0n) is 7.81. The van der Waals surface area contributed by atoms with Crippen LogP contribution in [0.5, 0.6) is 0 Å². The summed E-state index contributed by atoms with van der Waals surface area (Å²) in [6, 6.07) is -0.399. The van der Waals surface area contributed by atoms with E-state index in [1.165, 1.54) is 0 Å². The third-order valence-corrected chi connectivity index (χ3v) is 1.74. The fraction of sp³-hybridized carbons (Fsp3) is 0.500. The van der Waals surface area contributed by atoms with Gasteiger partial charge in [0.05, 0.1) is 18.5 Å². The second-order valence-corrected chi connectivity index (χ2v) is 3.01. The highest BCUT2D eigenvalue weighted by Gasteiger charge is 2.08. The molecule has 0 aliphatic carbocycles. The second-order valence-electron chi connectivity index (χ2n) is 3.01. The van der Waals surface area contributed by atoms with Crippen molar-refractivity contribution >= 4 is 5.95 Å². The molecule has 0 saturated carbocycles. The smallest absolute Gasteiger partial charge is 0.222 e. The molecule has 5 nitrogen and oxygen atoms in total. The maximum Gasteiger partial charge on any atom is 0.222 e. The molecule has 0 fully saturated rings. The van der Waals surface area contributed by atoms with E-state index in [2.05, 4.69) is 15.3 Å². The van der Waals surface area contributed by atoms with Crippen molar-refractivity contribution in [2.24, 2.45) is 5.73 Å². The Hall–Kier alpha value is -1.27. The Morgan fingerprint density at radius 2 is 2.14 bits per heavy atom. The van der Waals surface area contributed by atoms with Crippen LogP contribution in [-0.2, 0) is 0 Å². The molecule has 2 atom stereocenters. The van der Waals surface area contributed by atoms with E-state index < -0.39 is 18.0 Å². The lowest BCUT2D eigenvalue weighted by molar-refractivity contribution is 0.168. The molecule has 4 N–H and O–H groups in total. The number of aromatic nitrogens is 2. The van der Waals surface area contributed by atoms with Gasteiger partial charge in [-0.3, -0.25) is 0 Å². The predicted octanol–water partition coefficient (Wildman–Crippen LogP) is -0.264. The van der Waals surface area contributed by atoms with Gasteiger partial charge in [0.1, 0.15) is 0 Å². The summed E-state index contributed by atoms with van der Waals surface area (Å²) < 4.78 is 12.4. The number of hydrogen-bond donors (Lipinski definition) is 3. The molecule has 1 rings (SSSR count). The summed E-state index contributed by atoms with van der Waals surface area (Å²) in [6.45, 7) is 1.93. The normalized spacial score (nSPS) is 14.9. The van der Waals surface area contributed by atoms with Crippen molar-refractivity contribution in [2.45, 2.75) is 19.1 Å². The molecule has 0 bridgehead atoms. The van der Waals surface area contributed by atoms with Crippen molar-refractivity contribution in [1.29, 1.82) is 0 Å². The van der Waals surface area contributed by atoms with Crippen LogP contribution in [0.2, 0.25) is 0 Å². The van der Waals surface area contributed by atoms with E-state index in [1.807, 2.05) is 0 Å². The van der Waals surface area contributed by atoms with Gasteiger partial charge >= 0.3 is 0 Å². The van der Waals surface area contributed by atoms with E-state index in [1.54, 1.807) is 6.92 Å². The van der Waals surface area contributed by atoms with Gasteiger partial charge in [-0.1, -0.05) is 0 Å². The van der Waals surface area contributed by atoms with Crippen molar-refractivity contribution in [3.8, 4) is 0 Å². The van der Waals surface area contributed by atoms with Gasteiger partial charge in [0.25, 0.3) is 0 Å². The Kier molecular flexibility index (Phi) is 3.73. The van der Waals surface area contributed by atoms with Crippen LogP contribution in [0.3, 0.4) is 0 Å². The van der Waals surface area contributed by atoms with E-state index in [9.17, 15) is 4.39 Å². The second kappa shape index (κ2) is 4.83. The number of nitrogens with two attached hydrogens (primary N) is 1. The van der Waals surface area contributed by atoms with Gasteiger partial charge in [0.15, 0.2) is 5.82 Å². The lowest BCUT2D eigenvalue weighted by Gasteiger charge is -2.14. The molecule has 2 unspecified atom stereocenters. The molecule has 0 aliphatic heterocycles. The number of aliphatic hydroxyl groups is 1. The first-order valence-corrected chi connectivity index (χ1v) is 4.24. The van der Waals surface area contributed by atoms with Gasteiger partial charge in [-0.2, -0.15) is 0 Å². The van der Waals surface area contributed by atoms with E-state index >= 15 is 0 Å². The topological polar surface area (TPSA) is 84.1 Å². The van der Waals surface area contributed by atoms with Crippen LogP contribution in [0.25, 0.3) is 0 Å². The van der Waals surface area contributed by atoms with Gasteiger partial charge < -0.3 is 16.2 Å². The number of nitrogens with one attached hydrogen (secondary N) is 1. The Labute approximate surface area is 81.2 Å². The lowest BCUT2D eigenvalue weighted by atomic mass is 10.2. The summed E-state index contributed by atoms with van der Waals surface area (Å²) in [5.41, 5.74) is 5.55. The summed E-state index contributed by atoms with van der Waals surface area (Å²) in [4.78, 5) is 7.35. The Morgan fingerprint density at radius 3 is 2.64 bits per heavy atom. The first kappa shape index (κ1) is 10.8. The monoisotopic (exact) mass is 200 g/mol. The molecule has 78 valence electrons. The molecular formula is C8H13FN4O. The largest absolute Gasteiger partial charge is 0.392 e. The van der Waals surface area contributed by atoms with Crippen molar-refractivity contribution in [3.63, 3.8) is 0 Å². The van der Waals surface area contributed by atoms with E-state index in [-0.39, 0.29) is 0 Å². The Balaban J connectivity index is 2.42. The third kappa shape index (κ3) is 3.23. The molecule has 0 amide bonds. The summed E-state index contributed by atoms with van der Waals surface area (Å²) in [5.74, 6) is -0.196. The maximum absolute atomic E-state index is 12.4. The average Bonchev–Trinajstić information content (AvgIpc) is 2.16. The van der Waals surface area contributed by atoms with Crippen molar-refractivity contribution in [3.05, 3.63) is 18.2 Å². The molecule has 1 aromatic rings. The third-order valence-electron chi connectivity index (χ3n) is 1.74. The number of nitrogens with zero attached hydrogens (tertiary/aromatic N) is 2. The number of aliphatic hydroxyl groups excluding tert-OH is 1. The number of rotatable bonds is 4. The van der Waals surface area contributed by atoms with E-state index in [4.69, 9.17) is 10.8 Å². The first-order valence-electron chi connectivity index (χ1n) is 4.24. The van der Waals surface area contributed by atoms with Crippen molar-refractivity contribution < 1.29 is 9.50 Å². The van der Waals surface area contributed by atoms with Crippen LogP contribution in [-0.4, -0.2) is 33.8 Å². The van der Waals surface area contributed by atoms with Crippen molar-refractivity contribution in [2.75, 3.05) is 11.9 Å². The Morgan fingerprint density at radius 1 is 1.57 bits per heavy atom. The highest BCUT2D eigenvalue weighted by atomic mass is 19.1. The van der Waals surface area contributed by atoms with Crippen LogP contribution >= 0.6 is 0 Å². The number of halogens is 1. The fourth-order valence-corrected chi connectivity index (χ4v) is 0.783. The zero-order valence-corrected chi connectivity index (χ0v) is 7.81. The van der Waals surface area contributed by atoms with Crippen molar-refractivity contribution in [1.82, 2.24) is 9.97 Å². The summed E-state index contributed by atoms with van der Waals surface area (Å²) >= 11 is 0. The molecule has 6 heteroatoms. The molecular weight excluding hydrogens is 187 g/mol. The van der Waals surface area contributed by atoms with Crippen LogP contribution in [0.15, 0.2) is 12.4 Å². The average molecular weight is 200 g/mol. The maximum atomic E-state index is 12.4. The number of hydrogen-bond acceptors (Lipinski definition) is 5. The minimum Gasteiger partial charge on any atom is -0.392 e. The van der Waals surface area contributed by atoms with Gasteiger partial charge in [-0.25, -0.2) is 14.4 Å². The fourth-order valence-electron chi connectivity index (χ4n) is 0.783. The summed E-state index contributed by atoms with van der Waals surface area (Å²) in [7, 11) is 0. The highest BCUT2D eigenvalue weighted by molar-refractivity contribution is 5.22. The van der Waals surface area contributed by atoms with Crippen LogP contribution in [0.4, 0.5) is 10.3 Å². The number of anilines is 1. The van der Waals surface area contributed by atoms with Gasteiger partial charge in [-0.05, 0) is 6.92 Å². The quantitative estimate of drug-likeness (QED) is 0.623. The summed E-state index contributed by atoms with van der Waals surface area (Å²) in [5, 5.41) is 11.9. The molecule has 1 heterocycles. The van der Waals surface area contributed by atoms with Gasteiger partial charge in [0, 0.05) is 12.6 Å². The van der Waals surface area contributed by atoms with E-state index in [0.29, 0.717) is 12.5 Å². The molecule has 0 radical (unpaired) electrons. The van der Waals surface area contributed by atoms with Crippen LogP contribution < -0.4 is 11.1 Å². The highest BCUT2D eigenvalue weighted by Crippen LogP contribution is 1.98. The van der Waals surface area contributed by atoms with E-state index in [0.717, 1.165) is 12.4 Å². The standard InChI is InChI=1S/C8H13FN4O/c1-5(14)7(10)4-13-8-11-2-6(9)3-12-8/h2-3,5,7,14H,4,10H2,1H3,(H,11,12,13). The molecule has 0 spiro atoms. The van der Waals surface area contributed by atoms with Gasteiger partial charge in [0.2, 0.25) is 5.95 Å². The Bertz CT molecular complexity index is 277. The molecule has 0 aliphatic rings. The molecule has 1 aromatic heterocycles. The minimum atomic E-state index is -0.608. The minimum absolute atomic E-state index is 0.294. The molecule has 0 saturated heterocycles. The van der Waals surface area contributed by atoms with Gasteiger partial charge in [-0.15, -0.1) is 0 Å². The van der Waals surface area contributed by atoms with Crippen LogP contribution in [0.1, 0.15) is 6.92 Å². The predicted molar refractivity (Wildman–Crippen MR) is 50.1 cm³/mol.